The lowest BCUT2D eigenvalue weighted by molar-refractivity contribution is -0.326. The Morgan fingerprint density at radius 3 is 2.23 bits per heavy atom. The van der Waals surface area contributed by atoms with E-state index in [1.807, 2.05) is 0 Å². The predicted octanol–water partition coefficient (Wildman–Crippen LogP) is -4.41. The zero-order chi connectivity index (χ0) is 26.2. The zero-order valence-electron chi connectivity index (χ0n) is 18.8. The summed E-state index contributed by atoms with van der Waals surface area (Å²) in [6, 6.07) is 0. The summed E-state index contributed by atoms with van der Waals surface area (Å²) in [5.74, 6) is 0. The van der Waals surface area contributed by atoms with Gasteiger partial charge in [-0.05, 0) is 5.53 Å². The third-order valence-electron chi connectivity index (χ3n) is 4.77. The molecule has 1 fully saturated rings. The Hall–Kier alpha value is -1.70. The van der Waals surface area contributed by atoms with Gasteiger partial charge in [0.1, 0.15) is 55.4 Å². The first-order chi connectivity index (χ1) is 16.8. The second-order valence-electron chi connectivity index (χ2n) is 7.30. The van der Waals surface area contributed by atoms with E-state index in [2.05, 4.69) is 15.2 Å². The van der Waals surface area contributed by atoms with Gasteiger partial charge in [0, 0.05) is 11.5 Å². The summed E-state index contributed by atoms with van der Waals surface area (Å²) in [6.45, 7) is -0.525. The molecule has 0 bridgehead atoms. The molecule has 0 aliphatic carbocycles. The maximum absolute atomic E-state index is 10.4. The highest BCUT2D eigenvalue weighted by Crippen LogP contribution is 2.24. The molecule has 35 heavy (non-hydrogen) atoms. The van der Waals surface area contributed by atoms with Gasteiger partial charge < -0.3 is 64.6 Å². The standard InChI is InChI=1S/C18H34N4O13/c19-22-20-1-2-31-3-4-32-5-6-33-21-7-10(25)13(27)17(11(26)8-23)35-18-16(30)15(29)14(28)12(9-24)34-18/h7,10-18,23-30H,1-6,8-9H2/b21-7-/t10-,11+,12+,13+,14-,15-,16+,17+,18-/m0/s1. The monoisotopic (exact) mass is 514 g/mol. The van der Waals surface area contributed by atoms with E-state index in [1.54, 1.807) is 0 Å². The van der Waals surface area contributed by atoms with Crippen molar-refractivity contribution < 1.29 is 64.6 Å². The van der Waals surface area contributed by atoms with E-state index in [9.17, 15) is 40.9 Å². The average Bonchev–Trinajstić information content (AvgIpc) is 2.86. The average molecular weight is 514 g/mol. The van der Waals surface area contributed by atoms with E-state index < -0.39 is 68.3 Å². The Bertz CT molecular complexity index is 640. The maximum Gasteiger partial charge on any atom is 0.187 e. The van der Waals surface area contributed by atoms with Gasteiger partial charge in [0.2, 0.25) is 0 Å². The second kappa shape index (κ2) is 17.7. The van der Waals surface area contributed by atoms with Crippen molar-refractivity contribution in [3.8, 4) is 0 Å². The number of aliphatic hydroxyl groups excluding tert-OH is 8. The number of oxime groups is 1. The van der Waals surface area contributed by atoms with Crippen LogP contribution in [0, 0.1) is 0 Å². The van der Waals surface area contributed by atoms with Crippen LogP contribution in [0.5, 0.6) is 0 Å². The normalized spacial score (nSPS) is 28.3. The van der Waals surface area contributed by atoms with Gasteiger partial charge in [0.15, 0.2) is 6.29 Å². The molecular weight excluding hydrogens is 480 g/mol. The number of ether oxygens (including phenoxy) is 4. The topological polar surface area (TPSA) is 269 Å². The summed E-state index contributed by atoms with van der Waals surface area (Å²) in [5, 5.41) is 85.4. The Morgan fingerprint density at radius 1 is 0.943 bits per heavy atom. The quantitative estimate of drug-likeness (QED) is 0.0214. The van der Waals surface area contributed by atoms with Crippen LogP contribution in [0.1, 0.15) is 0 Å². The Kier molecular flexibility index (Phi) is 15.8. The number of aliphatic hydroxyl groups is 8. The largest absolute Gasteiger partial charge is 0.394 e. The molecule has 1 aliphatic rings. The minimum atomic E-state index is -1.91. The molecule has 0 unspecified atom stereocenters. The smallest absolute Gasteiger partial charge is 0.187 e. The van der Waals surface area contributed by atoms with Crippen molar-refractivity contribution in [2.75, 3.05) is 52.8 Å². The predicted molar refractivity (Wildman–Crippen MR) is 114 cm³/mol. The van der Waals surface area contributed by atoms with Crippen LogP contribution in [0.3, 0.4) is 0 Å². The molecule has 0 aromatic carbocycles. The maximum atomic E-state index is 10.4. The molecule has 1 saturated heterocycles. The van der Waals surface area contributed by atoms with Crippen molar-refractivity contribution in [1.82, 2.24) is 0 Å². The molecule has 0 radical (unpaired) electrons. The first-order valence-electron chi connectivity index (χ1n) is 10.7. The van der Waals surface area contributed by atoms with Crippen molar-refractivity contribution >= 4 is 6.21 Å². The summed E-state index contributed by atoms with van der Waals surface area (Å²) in [4.78, 5) is 7.45. The lowest BCUT2D eigenvalue weighted by Gasteiger charge is -2.42. The molecule has 17 nitrogen and oxygen atoms in total. The summed E-state index contributed by atoms with van der Waals surface area (Å²) >= 11 is 0. The highest BCUT2D eigenvalue weighted by atomic mass is 16.7. The van der Waals surface area contributed by atoms with Crippen molar-refractivity contribution in [1.29, 1.82) is 0 Å². The molecule has 204 valence electrons. The van der Waals surface area contributed by atoms with Crippen molar-refractivity contribution in [3.63, 3.8) is 0 Å². The van der Waals surface area contributed by atoms with Crippen molar-refractivity contribution in [2.24, 2.45) is 10.3 Å². The summed E-state index contributed by atoms with van der Waals surface area (Å²) in [6.07, 6.45) is -14.7. The number of nitrogens with zero attached hydrogens (tertiary/aromatic N) is 4. The lowest BCUT2D eigenvalue weighted by Crippen LogP contribution is -2.61. The van der Waals surface area contributed by atoms with Crippen LogP contribution in [0.15, 0.2) is 10.3 Å². The molecule has 0 saturated carbocycles. The van der Waals surface area contributed by atoms with E-state index in [0.717, 1.165) is 6.21 Å². The molecule has 1 rings (SSSR count). The zero-order valence-corrected chi connectivity index (χ0v) is 18.8. The molecule has 0 amide bonds. The van der Waals surface area contributed by atoms with Gasteiger partial charge >= 0.3 is 0 Å². The number of hydrogen-bond donors (Lipinski definition) is 8. The Morgan fingerprint density at radius 2 is 1.60 bits per heavy atom. The van der Waals surface area contributed by atoms with Crippen LogP contribution in [0.25, 0.3) is 10.4 Å². The number of azide groups is 1. The van der Waals surface area contributed by atoms with Crippen LogP contribution >= 0.6 is 0 Å². The summed E-state index contributed by atoms with van der Waals surface area (Å²) in [5.41, 5.74) is 8.11. The molecule has 0 aromatic rings. The van der Waals surface area contributed by atoms with E-state index in [1.165, 1.54) is 0 Å². The third kappa shape index (κ3) is 10.8. The van der Waals surface area contributed by atoms with Gasteiger partial charge in [0.05, 0.1) is 45.9 Å². The summed E-state index contributed by atoms with van der Waals surface area (Å²) < 4.78 is 20.7. The van der Waals surface area contributed by atoms with Crippen LogP contribution < -0.4 is 0 Å². The van der Waals surface area contributed by atoms with Gasteiger partial charge in [-0.15, -0.1) is 0 Å². The van der Waals surface area contributed by atoms with Crippen LogP contribution in [0.4, 0.5) is 0 Å². The van der Waals surface area contributed by atoms with E-state index in [4.69, 9.17) is 29.3 Å². The Balaban J connectivity index is 2.48. The fraction of sp³-hybridized carbons (Fsp3) is 0.944. The fourth-order valence-corrected chi connectivity index (χ4v) is 2.85. The van der Waals surface area contributed by atoms with E-state index in [0.29, 0.717) is 0 Å². The Labute approximate surface area is 200 Å². The van der Waals surface area contributed by atoms with Gasteiger partial charge in [-0.3, -0.25) is 0 Å². The van der Waals surface area contributed by atoms with Gasteiger partial charge in [0.25, 0.3) is 0 Å². The van der Waals surface area contributed by atoms with Crippen molar-refractivity contribution in [2.45, 2.75) is 55.1 Å². The fourth-order valence-electron chi connectivity index (χ4n) is 2.85. The first kappa shape index (κ1) is 31.3. The second-order valence-corrected chi connectivity index (χ2v) is 7.30. The molecule has 0 aromatic heterocycles. The third-order valence-corrected chi connectivity index (χ3v) is 4.77. The molecule has 1 heterocycles. The molecule has 17 heteroatoms. The highest BCUT2D eigenvalue weighted by Gasteiger charge is 2.46. The van der Waals surface area contributed by atoms with Gasteiger partial charge in [-0.2, -0.15) is 0 Å². The lowest BCUT2D eigenvalue weighted by atomic mass is 9.98. The minimum Gasteiger partial charge on any atom is -0.394 e. The summed E-state index contributed by atoms with van der Waals surface area (Å²) in [7, 11) is 0. The molecule has 0 spiro atoms. The molecule has 8 N–H and O–H groups in total. The van der Waals surface area contributed by atoms with Crippen LogP contribution in [-0.4, -0.2) is 155 Å². The SMILES string of the molecule is [N-]=[N+]=NCCOCCOCCO/N=C\[C@H](O)[C@@H](O)[C@H](O[C@@H]1O[C@H](CO)[C@H](O)[C@H](O)[C@H]1O)[C@H](O)CO. The molecular formula is C18H34N4O13. The van der Waals surface area contributed by atoms with Crippen molar-refractivity contribution in [3.05, 3.63) is 10.4 Å². The molecule has 1 aliphatic heterocycles. The van der Waals surface area contributed by atoms with Gasteiger partial charge in [-0.25, -0.2) is 0 Å². The number of hydrogen-bond acceptors (Lipinski definition) is 15. The number of rotatable bonds is 18. The van der Waals surface area contributed by atoms with Crippen LogP contribution in [-0.2, 0) is 23.8 Å². The highest BCUT2D eigenvalue weighted by molar-refractivity contribution is 5.63. The molecule has 9 atom stereocenters. The van der Waals surface area contributed by atoms with E-state index >= 15 is 0 Å². The van der Waals surface area contributed by atoms with Gasteiger partial charge in [-0.1, -0.05) is 10.3 Å². The van der Waals surface area contributed by atoms with E-state index in [-0.39, 0.29) is 39.6 Å². The first-order valence-corrected chi connectivity index (χ1v) is 10.7. The van der Waals surface area contributed by atoms with Crippen LogP contribution in [0.2, 0.25) is 0 Å². The minimum absolute atomic E-state index is 0.0118.